The molecule has 1 unspecified atom stereocenters. The van der Waals surface area contributed by atoms with Crippen LogP contribution in [0.15, 0.2) is 24.3 Å². The third-order valence-electron chi connectivity index (χ3n) is 3.09. The average Bonchev–Trinajstić information content (AvgIpc) is 2.97. The summed E-state index contributed by atoms with van der Waals surface area (Å²) in [5.41, 5.74) is 0.660. The minimum absolute atomic E-state index is 0.0143. The smallest absolute Gasteiger partial charge is 0.378 e. The molecule has 7 heteroatoms. The summed E-state index contributed by atoms with van der Waals surface area (Å²) < 4.78 is 18.4. The molecule has 22 heavy (non-hydrogen) atoms. The fourth-order valence-corrected chi connectivity index (χ4v) is 2.00. The van der Waals surface area contributed by atoms with Crippen molar-refractivity contribution in [2.75, 3.05) is 6.61 Å². The number of nitrogens with one attached hydrogen (secondary N) is 2. The van der Waals surface area contributed by atoms with Gasteiger partial charge in [0.15, 0.2) is 0 Å². The van der Waals surface area contributed by atoms with E-state index in [1.807, 2.05) is 13.0 Å². The van der Waals surface area contributed by atoms with Crippen molar-refractivity contribution in [3.63, 3.8) is 0 Å². The second-order valence-corrected chi connectivity index (χ2v) is 4.90. The van der Waals surface area contributed by atoms with Crippen LogP contribution in [0.4, 0.5) is 4.39 Å². The summed E-state index contributed by atoms with van der Waals surface area (Å²) >= 11 is 0. The van der Waals surface area contributed by atoms with Gasteiger partial charge in [0.25, 0.3) is 5.82 Å². The van der Waals surface area contributed by atoms with Gasteiger partial charge in [-0.15, -0.1) is 5.10 Å². The highest BCUT2D eigenvalue weighted by Crippen LogP contribution is 2.09. The Balaban J connectivity index is 1.85. The maximum Gasteiger partial charge on any atom is 0.378 e. The lowest BCUT2D eigenvalue weighted by Gasteiger charge is -2.13. The molecule has 1 aromatic carbocycles. The number of carbonyl (C=O) groups excluding carboxylic acids is 1. The van der Waals surface area contributed by atoms with E-state index in [4.69, 9.17) is 4.74 Å². The van der Waals surface area contributed by atoms with Crippen molar-refractivity contribution < 1.29 is 13.9 Å². The third kappa shape index (κ3) is 4.36. The number of benzene rings is 1. The second-order valence-electron chi connectivity index (χ2n) is 4.90. The van der Waals surface area contributed by atoms with Crippen LogP contribution in [0.2, 0.25) is 0 Å². The SMILES string of the molecule is CCOC(=O)c1n[nH]c(CNC(C)Cc2ccccc2F)n1. The van der Waals surface area contributed by atoms with Crippen molar-refractivity contribution in [1.82, 2.24) is 20.5 Å². The quantitative estimate of drug-likeness (QED) is 0.763. The largest absolute Gasteiger partial charge is 0.460 e. The second kappa shape index (κ2) is 7.65. The number of ether oxygens (including phenoxy) is 1. The van der Waals surface area contributed by atoms with E-state index >= 15 is 0 Å². The molecule has 0 spiro atoms. The molecule has 0 saturated carbocycles. The molecule has 1 atom stereocenters. The zero-order chi connectivity index (χ0) is 15.9. The number of H-pyrrole nitrogens is 1. The van der Waals surface area contributed by atoms with E-state index < -0.39 is 5.97 Å². The Kier molecular flexibility index (Phi) is 5.60. The molecular weight excluding hydrogens is 287 g/mol. The Hall–Kier alpha value is -2.28. The van der Waals surface area contributed by atoms with E-state index in [0.29, 0.717) is 24.4 Å². The topological polar surface area (TPSA) is 79.9 Å². The first-order valence-corrected chi connectivity index (χ1v) is 7.15. The minimum Gasteiger partial charge on any atom is -0.460 e. The minimum atomic E-state index is -0.551. The van der Waals surface area contributed by atoms with Crippen LogP contribution >= 0.6 is 0 Å². The molecule has 0 saturated heterocycles. The van der Waals surface area contributed by atoms with Crippen molar-refractivity contribution >= 4 is 5.97 Å². The van der Waals surface area contributed by atoms with Gasteiger partial charge in [0, 0.05) is 6.04 Å². The Bertz CT molecular complexity index is 630. The van der Waals surface area contributed by atoms with E-state index in [2.05, 4.69) is 20.5 Å². The number of aromatic amines is 1. The summed E-state index contributed by atoms with van der Waals surface area (Å²) in [7, 11) is 0. The molecular formula is C15H19FN4O2. The summed E-state index contributed by atoms with van der Waals surface area (Å²) in [5.74, 6) is -0.214. The maximum absolute atomic E-state index is 13.6. The lowest BCUT2D eigenvalue weighted by Crippen LogP contribution is -2.28. The number of esters is 1. The molecule has 0 bridgehead atoms. The first-order valence-electron chi connectivity index (χ1n) is 7.15. The van der Waals surface area contributed by atoms with Gasteiger partial charge < -0.3 is 10.1 Å². The number of aromatic nitrogens is 3. The highest BCUT2D eigenvalue weighted by atomic mass is 19.1. The summed E-state index contributed by atoms with van der Waals surface area (Å²) in [6.07, 6.45) is 0.561. The number of carbonyl (C=O) groups is 1. The predicted octanol–water partition coefficient (Wildman–Crippen LogP) is 1.84. The molecule has 0 radical (unpaired) electrons. The molecule has 0 fully saturated rings. The van der Waals surface area contributed by atoms with E-state index in [0.717, 1.165) is 0 Å². The normalized spacial score (nSPS) is 12.1. The van der Waals surface area contributed by atoms with Crippen LogP contribution in [-0.4, -0.2) is 33.8 Å². The molecule has 2 aromatic rings. The first-order chi connectivity index (χ1) is 10.6. The van der Waals surface area contributed by atoms with Gasteiger partial charge in [-0.3, -0.25) is 5.10 Å². The standard InChI is InChI=1S/C15H19FN4O2/c1-3-22-15(21)14-18-13(19-20-14)9-17-10(2)8-11-6-4-5-7-12(11)16/h4-7,10,17H,3,8-9H2,1-2H3,(H,18,19,20). The van der Waals surface area contributed by atoms with Crippen molar-refractivity contribution in [2.24, 2.45) is 0 Å². The molecule has 0 amide bonds. The Morgan fingerprint density at radius 2 is 2.23 bits per heavy atom. The summed E-state index contributed by atoms with van der Waals surface area (Å²) in [5, 5.41) is 9.68. The van der Waals surface area contributed by atoms with Crippen LogP contribution in [0.25, 0.3) is 0 Å². The maximum atomic E-state index is 13.6. The van der Waals surface area contributed by atoms with Crippen LogP contribution in [0.1, 0.15) is 35.9 Å². The van der Waals surface area contributed by atoms with Crippen molar-refractivity contribution in [2.45, 2.75) is 32.9 Å². The van der Waals surface area contributed by atoms with Crippen LogP contribution in [0.5, 0.6) is 0 Å². The third-order valence-corrected chi connectivity index (χ3v) is 3.09. The van der Waals surface area contributed by atoms with Gasteiger partial charge in [-0.05, 0) is 31.9 Å². The molecule has 0 aliphatic heterocycles. The first kappa shape index (κ1) is 16.1. The van der Waals surface area contributed by atoms with Crippen LogP contribution in [0.3, 0.4) is 0 Å². The number of hydrogen-bond acceptors (Lipinski definition) is 5. The van der Waals surface area contributed by atoms with Gasteiger partial charge in [0.2, 0.25) is 0 Å². The van der Waals surface area contributed by atoms with Gasteiger partial charge in [-0.2, -0.15) is 0 Å². The Morgan fingerprint density at radius 3 is 2.95 bits per heavy atom. The molecule has 2 rings (SSSR count). The number of hydrogen-bond donors (Lipinski definition) is 2. The van der Waals surface area contributed by atoms with Crippen LogP contribution in [0, 0.1) is 5.82 Å². The summed E-state index contributed by atoms with van der Waals surface area (Å²) in [6.45, 7) is 4.36. The van der Waals surface area contributed by atoms with Crippen molar-refractivity contribution in [3.05, 3.63) is 47.3 Å². The van der Waals surface area contributed by atoms with E-state index in [9.17, 15) is 9.18 Å². The highest BCUT2D eigenvalue weighted by Gasteiger charge is 2.14. The molecule has 1 heterocycles. The molecule has 118 valence electrons. The Labute approximate surface area is 128 Å². The number of nitrogens with zero attached hydrogens (tertiary/aromatic N) is 2. The van der Waals surface area contributed by atoms with Gasteiger partial charge >= 0.3 is 5.97 Å². The zero-order valence-electron chi connectivity index (χ0n) is 12.6. The van der Waals surface area contributed by atoms with Crippen LogP contribution < -0.4 is 5.32 Å². The average molecular weight is 306 g/mol. The molecule has 6 nitrogen and oxygen atoms in total. The lowest BCUT2D eigenvalue weighted by atomic mass is 10.1. The zero-order valence-corrected chi connectivity index (χ0v) is 12.6. The monoisotopic (exact) mass is 306 g/mol. The summed E-state index contributed by atoms with van der Waals surface area (Å²) in [6, 6.07) is 6.74. The fourth-order valence-electron chi connectivity index (χ4n) is 2.00. The highest BCUT2D eigenvalue weighted by molar-refractivity contribution is 5.84. The van der Waals surface area contributed by atoms with Gasteiger partial charge in [-0.25, -0.2) is 14.2 Å². The molecule has 2 N–H and O–H groups in total. The molecule has 0 aliphatic carbocycles. The predicted molar refractivity (Wildman–Crippen MR) is 78.7 cm³/mol. The van der Waals surface area contributed by atoms with E-state index in [1.54, 1.807) is 19.1 Å². The van der Waals surface area contributed by atoms with Gasteiger partial charge in [0.1, 0.15) is 11.6 Å². The molecule has 1 aromatic heterocycles. The van der Waals surface area contributed by atoms with E-state index in [1.165, 1.54) is 6.07 Å². The molecule has 0 aliphatic rings. The lowest BCUT2D eigenvalue weighted by molar-refractivity contribution is 0.0512. The fraction of sp³-hybridized carbons (Fsp3) is 0.400. The van der Waals surface area contributed by atoms with Gasteiger partial charge in [0.05, 0.1) is 13.2 Å². The van der Waals surface area contributed by atoms with Crippen molar-refractivity contribution in [3.8, 4) is 0 Å². The number of halogens is 1. The van der Waals surface area contributed by atoms with E-state index in [-0.39, 0.29) is 24.3 Å². The van der Waals surface area contributed by atoms with Gasteiger partial charge in [-0.1, -0.05) is 18.2 Å². The van der Waals surface area contributed by atoms with Crippen molar-refractivity contribution in [1.29, 1.82) is 0 Å². The van der Waals surface area contributed by atoms with Crippen LogP contribution in [-0.2, 0) is 17.7 Å². The number of rotatable bonds is 7. The summed E-state index contributed by atoms with van der Waals surface area (Å²) in [4.78, 5) is 15.5. The Morgan fingerprint density at radius 1 is 1.45 bits per heavy atom.